The number of ether oxygens (including phenoxy) is 2. The van der Waals surface area contributed by atoms with Gasteiger partial charge in [0.1, 0.15) is 12.6 Å². The number of nitrogens with zero attached hydrogens (tertiary/aromatic N) is 1. The molecule has 1 rings (SSSR count). The van der Waals surface area contributed by atoms with Crippen LogP contribution in [0.5, 0.6) is 0 Å². The van der Waals surface area contributed by atoms with E-state index in [-0.39, 0.29) is 6.04 Å². The molecule has 0 amide bonds. The average Bonchev–Trinajstić information content (AvgIpc) is 2.37. The molecule has 0 aliphatic carbocycles. The van der Waals surface area contributed by atoms with Gasteiger partial charge in [-0.15, -0.1) is 0 Å². The first-order chi connectivity index (χ1) is 5.24. The molecule has 3 heteroatoms. The van der Waals surface area contributed by atoms with Crippen LogP contribution in [0.3, 0.4) is 0 Å². The van der Waals surface area contributed by atoms with Gasteiger partial charge in [0, 0.05) is 12.7 Å². The molecule has 1 unspecified atom stereocenters. The van der Waals surface area contributed by atoms with Crippen LogP contribution in [0, 0.1) is 0 Å². The van der Waals surface area contributed by atoms with Crippen molar-refractivity contribution in [3.8, 4) is 0 Å². The lowest BCUT2D eigenvalue weighted by molar-refractivity contribution is 0.165. The summed E-state index contributed by atoms with van der Waals surface area (Å²) in [4.78, 5) is 4.25. The summed E-state index contributed by atoms with van der Waals surface area (Å²) in [6.45, 7) is 6.86. The van der Waals surface area contributed by atoms with E-state index in [0.717, 1.165) is 5.57 Å². The van der Waals surface area contributed by atoms with Gasteiger partial charge in [-0.2, -0.15) is 0 Å². The standard InChI is InChI=1S/C8H13NO2/c1-6(2)8-9-7(4-10-3)5-11-8/h7H,1,4-5H2,2-3H3. The minimum atomic E-state index is 0.159. The summed E-state index contributed by atoms with van der Waals surface area (Å²) in [6, 6.07) is 0.159. The Morgan fingerprint density at radius 3 is 3.09 bits per heavy atom. The van der Waals surface area contributed by atoms with E-state index < -0.39 is 0 Å². The average molecular weight is 155 g/mol. The van der Waals surface area contributed by atoms with E-state index in [0.29, 0.717) is 19.1 Å². The molecule has 1 aliphatic heterocycles. The topological polar surface area (TPSA) is 30.8 Å². The monoisotopic (exact) mass is 155 g/mol. The third kappa shape index (κ3) is 2.05. The van der Waals surface area contributed by atoms with Crippen molar-refractivity contribution in [2.45, 2.75) is 13.0 Å². The normalized spacial score (nSPS) is 22.7. The van der Waals surface area contributed by atoms with Crippen molar-refractivity contribution < 1.29 is 9.47 Å². The first-order valence-electron chi connectivity index (χ1n) is 3.59. The van der Waals surface area contributed by atoms with Crippen molar-refractivity contribution >= 4 is 5.90 Å². The number of rotatable bonds is 3. The second kappa shape index (κ2) is 3.53. The summed E-state index contributed by atoms with van der Waals surface area (Å²) in [7, 11) is 1.66. The highest BCUT2D eigenvalue weighted by Crippen LogP contribution is 2.09. The zero-order valence-electron chi connectivity index (χ0n) is 6.96. The molecule has 0 aromatic carbocycles. The summed E-state index contributed by atoms with van der Waals surface area (Å²) in [6.07, 6.45) is 0. The summed E-state index contributed by atoms with van der Waals surface area (Å²) in [5.41, 5.74) is 0.878. The van der Waals surface area contributed by atoms with Crippen molar-refractivity contribution in [2.24, 2.45) is 4.99 Å². The first-order valence-corrected chi connectivity index (χ1v) is 3.59. The summed E-state index contributed by atoms with van der Waals surface area (Å²) >= 11 is 0. The van der Waals surface area contributed by atoms with Crippen molar-refractivity contribution in [2.75, 3.05) is 20.3 Å². The Bertz CT molecular complexity index is 187. The summed E-state index contributed by atoms with van der Waals surface area (Å²) in [5.74, 6) is 0.673. The third-order valence-electron chi connectivity index (χ3n) is 1.44. The second-order valence-corrected chi connectivity index (χ2v) is 2.63. The van der Waals surface area contributed by atoms with Crippen LogP contribution in [0.4, 0.5) is 0 Å². The zero-order valence-corrected chi connectivity index (χ0v) is 6.96. The van der Waals surface area contributed by atoms with Gasteiger partial charge < -0.3 is 9.47 Å². The lowest BCUT2D eigenvalue weighted by Crippen LogP contribution is -2.12. The predicted molar refractivity (Wildman–Crippen MR) is 43.9 cm³/mol. The van der Waals surface area contributed by atoms with E-state index in [1.165, 1.54) is 0 Å². The number of methoxy groups -OCH3 is 1. The first kappa shape index (κ1) is 8.27. The van der Waals surface area contributed by atoms with E-state index in [1.807, 2.05) is 6.92 Å². The minimum Gasteiger partial charge on any atom is -0.475 e. The molecule has 0 bridgehead atoms. The van der Waals surface area contributed by atoms with E-state index in [9.17, 15) is 0 Å². The van der Waals surface area contributed by atoms with Crippen molar-refractivity contribution in [3.63, 3.8) is 0 Å². The largest absolute Gasteiger partial charge is 0.475 e. The van der Waals surface area contributed by atoms with Gasteiger partial charge in [0.2, 0.25) is 5.90 Å². The molecule has 0 spiro atoms. The van der Waals surface area contributed by atoms with E-state index in [1.54, 1.807) is 7.11 Å². The molecular weight excluding hydrogens is 142 g/mol. The molecule has 0 radical (unpaired) electrons. The SMILES string of the molecule is C=C(C)C1=NC(COC)CO1. The molecule has 0 aromatic rings. The van der Waals surface area contributed by atoms with Gasteiger partial charge >= 0.3 is 0 Å². The van der Waals surface area contributed by atoms with Gasteiger partial charge in [-0.3, -0.25) is 0 Å². The van der Waals surface area contributed by atoms with E-state index in [2.05, 4.69) is 11.6 Å². The van der Waals surface area contributed by atoms with Crippen LogP contribution in [0.15, 0.2) is 17.1 Å². The molecule has 1 aliphatic rings. The molecule has 0 fully saturated rings. The smallest absolute Gasteiger partial charge is 0.211 e. The zero-order chi connectivity index (χ0) is 8.27. The van der Waals surface area contributed by atoms with Crippen LogP contribution in [0.2, 0.25) is 0 Å². The van der Waals surface area contributed by atoms with E-state index in [4.69, 9.17) is 9.47 Å². The summed E-state index contributed by atoms with van der Waals surface area (Å²) in [5, 5.41) is 0. The van der Waals surface area contributed by atoms with Crippen LogP contribution in [-0.4, -0.2) is 32.3 Å². The Morgan fingerprint density at radius 2 is 2.64 bits per heavy atom. The van der Waals surface area contributed by atoms with Crippen molar-refractivity contribution in [1.29, 1.82) is 0 Å². The number of aliphatic imine (C=N–C) groups is 1. The van der Waals surface area contributed by atoms with Crippen LogP contribution < -0.4 is 0 Å². The molecule has 1 heterocycles. The Hall–Kier alpha value is -0.830. The van der Waals surface area contributed by atoms with Gasteiger partial charge in [0.15, 0.2) is 0 Å². The third-order valence-corrected chi connectivity index (χ3v) is 1.44. The van der Waals surface area contributed by atoms with Gasteiger partial charge in [0.05, 0.1) is 6.61 Å². The van der Waals surface area contributed by atoms with Crippen LogP contribution in [0.25, 0.3) is 0 Å². The molecule has 0 N–H and O–H groups in total. The Labute approximate surface area is 66.7 Å². The second-order valence-electron chi connectivity index (χ2n) is 2.63. The molecular formula is C8H13NO2. The van der Waals surface area contributed by atoms with Crippen molar-refractivity contribution in [3.05, 3.63) is 12.2 Å². The maximum absolute atomic E-state index is 5.25. The van der Waals surface area contributed by atoms with Crippen molar-refractivity contribution in [1.82, 2.24) is 0 Å². The number of hydrogen-bond donors (Lipinski definition) is 0. The van der Waals surface area contributed by atoms with Gasteiger partial charge in [-0.1, -0.05) is 6.58 Å². The van der Waals surface area contributed by atoms with Gasteiger partial charge in [0.25, 0.3) is 0 Å². The lowest BCUT2D eigenvalue weighted by Gasteiger charge is -2.00. The minimum absolute atomic E-state index is 0.159. The highest BCUT2D eigenvalue weighted by molar-refractivity contribution is 5.93. The van der Waals surface area contributed by atoms with Crippen LogP contribution in [0.1, 0.15) is 6.92 Å². The molecule has 0 aromatic heterocycles. The maximum atomic E-state index is 5.25. The molecule has 0 saturated carbocycles. The maximum Gasteiger partial charge on any atom is 0.211 e. The Morgan fingerprint density at radius 1 is 1.91 bits per heavy atom. The molecule has 1 atom stereocenters. The fourth-order valence-corrected chi connectivity index (χ4v) is 0.927. The molecule has 11 heavy (non-hydrogen) atoms. The quantitative estimate of drug-likeness (QED) is 0.609. The highest BCUT2D eigenvalue weighted by atomic mass is 16.5. The fourth-order valence-electron chi connectivity index (χ4n) is 0.927. The molecule has 62 valence electrons. The van der Waals surface area contributed by atoms with Gasteiger partial charge in [-0.05, 0) is 6.92 Å². The lowest BCUT2D eigenvalue weighted by atomic mass is 10.3. The number of hydrogen-bond acceptors (Lipinski definition) is 3. The predicted octanol–water partition coefficient (Wildman–Crippen LogP) is 1.01. The molecule has 0 saturated heterocycles. The Balaban J connectivity index is 2.47. The highest BCUT2D eigenvalue weighted by Gasteiger charge is 2.18. The fraction of sp³-hybridized carbons (Fsp3) is 0.625. The summed E-state index contributed by atoms with van der Waals surface area (Å²) < 4.78 is 10.2. The van der Waals surface area contributed by atoms with Gasteiger partial charge in [-0.25, -0.2) is 4.99 Å². The molecule has 3 nitrogen and oxygen atoms in total. The van der Waals surface area contributed by atoms with E-state index >= 15 is 0 Å². The van der Waals surface area contributed by atoms with Crippen LogP contribution >= 0.6 is 0 Å². The Kier molecular flexibility index (Phi) is 2.65. The van der Waals surface area contributed by atoms with Crippen LogP contribution in [-0.2, 0) is 9.47 Å².